The largest absolute Gasteiger partial charge is 0.347 e. The molecule has 1 aliphatic rings. The number of nitrogens with one attached hydrogen (secondary N) is 1. The summed E-state index contributed by atoms with van der Waals surface area (Å²) in [7, 11) is 1.82. The van der Waals surface area contributed by atoms with Crippen molar-refractivity contribution >= 4 is 22.6 Å². The van der Waals surface area contributed by atoms with E-state index in [4.69, 9.17) is 0 Å². The molecule has 0 aromatic heterocycles. The summed E-state index contributed by atoms with van der Waals surface area (Å²) in [5, 5.41) is 4.97. The van der Waals surface area contributed by atoms with Gasteiger partial charge in [0.2, 0.25) is 11.8 Å². The van der Waals surface area contributed by atoms with Crippen LogP contribution in [-0.4, -0.2) is 36.3 Å². The average molecular weight is 324 g/mol. The van der Waals surface area contributed by atoms with E-state index in [1.54, 1.807) is 4.90 Å². The molecule has 1 unspecified atom stereocenters. The molecule has 2 amide bonds. The van der Waals surface area contributed by atoms with Crippen molar-refractivity contribution in [3.8, 4) is 0 Å². The fourth-order valence-corrected chi connectivity index (χ4v) is 3.10. The van der Waals surface area contributed by atoms with Crippen molar-refractivity contribution < 1.29 is 9.59 Å². The number of carbonyl (C=O) groups is 2. The molecule has 24 heavy (non-hydrogen) atoms. The Balaban J connectivity index is 1.56. The second-order valence-electron chi connectivity index (χ2n) is 6.67. The zero-order valence-electron chi connectivity index (χ0n) is 14.3. The molecule has 0 saturated heterocycles. The molecular formula is C20H24N2O2. The second kappa shape index (κ2) is 7.04. The van der Waals surface area contributed by atoms with E-state index in [2.05, 4.69) is 12.2 Å². The summed E-state index contributed by atoms with van der Waals surface area (Å²) in [5.74, 6) is 0.484. The van der Waals surface area contributed by atoms with Gasteiger partial charge < -0.3 is 10.2 Å². The highest BCUT2D eigenvalue weighted by Crippen LogP contribution is 2.34. The molecule has 0 radical (unpaired) electrons. The minimum absolute atomic E-state index is 0.0272. The van der Waals surface area contributed by atoms with Gasteiger partial charge in [-0.05, 0) is 42.0 Å². The molecule has 0 spiro atoms. The maximum absolute atomic E-state index is 12.2. The number of carbonyl (C=O) groups excluding carboxylic acids is 2. The van der Waals surface area contributed by atoms with E-state index in [0.29, 0.717) is 5.92 Å². The molecule has 1 aliphatic carbocycles. The Morgan fingerprint density at radius 2 is 1.88 bits per heavy atom. The quantitative estimate of drug-likeness (QED) is 0.888. The number of hydrogen-bond acceptors (Lipinski definition) is 2. The van der Waals surface area contributed by atoms with Crippen molar-refractivity contribution in [1.29, 1.82) is 0 Å². The Hall–Kier alpha value is -2.36. The number of likely N-dealkylation sites (N-methyl/N-ethyl adjacent to an activating group) is 1. The third-order valence-electron chi connectivity index (χ3n) is 4.98. The van der Waals surface area contributed by atoms with E-state index >= 15 is 0 Å². The van der Waals surface area contributed by atoms with Crippen molar-refractivity contribution in [2.24, 2.45) is 5.92 Å². The molecule has 0 aliphatic heterocycles. The molecule has 1 fully saturated rings. The van der Waals surface area contributed by atoms with Crippen LogP contribution in [0.3, 0.4) is 0 Å². The molecule has 4 nitrogen and oxygen atoms in total. The van der Waals surface area contributed by atoms with Crippen LogP contribution < -0.4 is 5.32 Å². The Morgan fingerprint density at radius 3 is 2.62 bits per heavy atom. The first-order chi connectivity index (χ1) is 11.6. The van der Waals surface area contributed by atoms with Crippen molar-refractivity contribution in [2.75, 3.05) is 13.6 Å². The number of rotatable bonds is 6. The summed E-state index contributed by atoms with van der Waals surface area (Å²) in [6, 6.07) is 14.2. The molecule has 0 heterocycles. The molecule has 1 N–H and O–H groups in total. The van der Waals surface area contributed by atoms with E-state index in [1.807, 2.05) is 49.5 Å². The number of benzene rings is 2. The lowest BCUT2D eigenvalue weighted by atomic mass is 10.0. The van der Waals surface area contributed by atoms with Crippen LogP contribution >= 0.6 is 0 Å². The van der Waals surface area contributed by atoms with Gasteiger partial charge in [0.05, 0.1) is 13.0 Å². The van der Waals surface area contributed by atoms with Gasteiger partial charge in [-0.3, -0.25) is 9.59 Å². The highest BCUT2D eigenvalue weighted by atomic mass is 16.2. The molecule has 4 heteroatoms. The summed E-state index contributed by atoms with van der Waals surface area (Å²) in [4.78, 5) is 26.2. The van der Waals surface area contributed by atoms with Gasteiger partial charge in [0.15, 0.2) is 0 Å². The standard InChI is InChI=1S/C20H24N2O2/c1-14(15-10-11-15)22(2)20(24)13-21-19(23)12-17-8-5-7-16-6-3-4-9-18(16)17/h3-9,14-15H,10-13H2,1-2H3,(H,21,23). The second-order valence-corrected chi connectivity index (χ2v) is 6.67. The molecule has 2 aromatic rings. The van der Waals surface area contributed by atoms with Gasteiger partial charge >= 0.3 is 0 Å². The van der Waals surface area contributed by atoms with Crippen molar-refractivity contribution in [3.63, 3.8) is 0 Å². The lowest BCUT2D eigenvalue weighted by Crippen LogP contribution is -2.43. The smallest absolute Gasteiger partial charge is 0.241 e. The minimum atomic E-state index is -0.118. The molecule has 3 rings (SSSR count). The average Bonchev–Trinajstić information content (AvgIpc) is 3.44. The predicted molar refractivity (Wildman–Crippen MR) is 95.6 cm³/mol. The highest BCUT2D eigenvalue weighted by Gasteiger charge is 2.32. The van der Waals surface area contributed by atoms with Gasteiger partial charge in [0, 0.05) is 13.1 Å². The van der Waals surface area contributed by atoms with Crippen LogP contribution in [0.15, 0.2) is 42.5 Å². The Bertz CT molecular complexity index is 747. The normalized spacial score (nSPS) is 15.1. The third-order valence-corrected chi connectivity index (χ3v) is 4.98. The molecule has 2 aromatic carbocycles. The molecular weight excluding hydrogens is 300 g/mol. The fourth-order valence-electron chi connectivity index (χ4n) is 3.10. The Labute approximate surface area is 142 Å². The SMILES string of the molecule is CC(C1CC1)N(C)C(=O)CNC(=O)Cc1cccc2ccccc12. The van der Waals surface area contributed by atoms with Crippen LogP contribution in [0.25, 0.3) is 10.8 Å². The predicted octanol–water partition coefficient (Wildman–Crippen LogP) is 2.76. The highest BCUT2D eigenvalue weighted by molar-refractivity contribution is 5.91. The summed E-state index contributed by atoms with van der Waals surface area (Å²) >= 11 is 0. The van der Waals surface area contributed by atoms with Crippen LogP contribution in [-0.2, 0) is 16.0 Å². The number of amides is 2. The van der Waals surface area contributed by atoms with Gasteiger partial charge in [0.1, 0.15) is 0 Å². The van der Waals surface area contributed by atoms with Gasteiger partial charge in [-0.1, -0.05) is 42.5 Å². The van der Waals surface area contributed by atoms with Crippen molar-refractivity contribution in [1.82, 2.24) is 10.2 Å². The first-order valence-electron chi connectivity index (χ1n) is 8.55. The van der Waals surface area contributed by atoms with Gasteiger partial charge in [-0.15, -0.1) is 0 Å². The summed E-state index contributed by atoms with van der Waals surface area (Å²) in [5.41, 5.74) is 0.984. The maximum Gasteiger partial charge on any atom is 0.241 e. The lowest BCUT2D eigenvalue weighted by Gasteiger charge is -2.25. The van der Waals surface area contributed by atoms with Crippen LogP contribution in [0.2, 0.25) is 0 Å². The Morgan fingerprint density at radius 1 is 1.17 bits per heavy atom. The molecule has 126 valence electrons. The van der Waals surface area contributed by atoms with Crippen molar-refractivity contribution in [3.05, 3.63) is 48.0 Å². The minimum Gasteiger partial charge on any atom is -0.347 e. The monoisotopic (exact) mass is 324 g/mol. The summed E-state index contributed by atoms with van der Waals surface area (Å²) in [6.07, 6.45) is 2.69. The maximum atomic E-state index is 12.2. The topological polar surface area (TPSA) is 49.4 Å². The molecule has 1 saturated carbocycles. The van der Waals surface area contributed by atoms with Crippen LogP contribution in [0.1, 0.15) is 25.3 Å². The van der Waals surface area contributed by atoms with Crippen molar-refractivity contribution in [2.45, 2.75) is 32.2 Å². The lowest BCUT2D eigenvalue weighted by molar-refractivity contribution is -0.133. The number of nitrogens with zero attached hydrogens (tertiary/aromatic N) is 1. The van der Waals surface area contributed by atoms with Crippen LogP contribution in [0.4, 0.5) is 0 Å². The molecule has 0 bridgehead atoms. The van der Waals surface area contributed by atoms with Gasteiger partial charge in [0.25, 0.3) is 0 Å². The van der Waals surface area contributed by atoms with E-state index < -0.39 is 0 Å². The fraction of sp³-hybridized carbons (Fsp3) is 0.400. The number of hydrogen-bond donors (Lipinski definition) is 1. The molecule has 1 atom stereocenters. The van der Waals surface area contributed by atoms with E-state index in [-0.39, 0.29) is 30.8 Å². The first kappa shape index (κ1) is 16.5. The first-order valence-corrected chi connectivity index (χ1v) is 8.55. The summed E-state index contributed by atoms with van der Waals surface area (Å²) in [6.45, 7) is 2.14. The van der Waals surface area contributed by atoms with Gasteiger partial charge in [-0.2, -0.15) is 0 Å². The summed E-state index contributed by atoms with van der Waals surface area (Å²) < 4.78 is 0. The van der Waals surface area contributed by atoms with Gasteiger partial charge in [-0.25, -0.2) is 0 Å². The van der Waals surface area contributed by atoms with Crippen LogP contribution in [0.5, 0.6) is 0 Å². The van der Waals surface area contributed by atoms with E-state index in [9.17, 15) is 9.59 Å². The number of fused-ring (bicyclic) bond motifs is 1. The van der Waals surface area contributed by atoms with E-state index in [1.165, 1.54) is 12.8 Å². The Kier molecular flexibility index (Phi) is 4.84. The van der Waals surface area contributed by atoms with Crippen LogP contribution in [0, 0.1) is 5.92 Å². The zero-order valence-corrected chi connectivity index (χ0v) is 14.3. The van der Waals surface area contributed by atoms with E-state index in [0.717, 1.165) is 16.3 Å². The third kappa shape index (κ3) is 3.75. The zero-order chi connectivity index (χ0) is 17.1.